The quantitative estimate of drug-likeness (QED) is 0.506. The van der Waals surface area contributed by atoms with Crippen LogP contribution in [0.3, 0.4) is 0 Å². The largest absolute Gasteiger partial charge is 0.477 e. The molecule has 2 heterocycles. The molecule has 0 bridgehead atoms. The summed E-state index contributed by atoms with van der Waals surface area (Å²) in [6.45, 7) is 8.16. The van der Waals surface area contributed by atoms with Crippen LogP contribution in [0.4, 0.5) is 0 Å². The third-order valence-electron chi connectivity index (χ3n) is 3.68. The fourth-order valence-corrected chi connectivity index (χ4v) is 3.09. The fourth-order valence-electron chi connectivity index (χ4n) is 2.56. The molecule has 0 spiro atoms. The van der Waals surface area contributed by atoms with Gasteiger partial charge in [-0.2, -0.15) is 0 Å². The van der Waals surface area contributed by atoms with Crippen molar-refractivity contribution in [2.45, 2.75) is 45.3 Å². The van der Waals surface area contributed by atoms with Crippen molar-refractivity contribution in [3.05, 3.63) is 29.7 Å². The number of hydrogen-bond donors (Lipinski definition) is 1. The van der Waals surface area contributed by atoms with Crippen LogP contribution in [0.2, 0.25) is 0 Å². The Bertz CT molecular complexity index is 717. The van der Waals surface area contributed by atoms with Gasteiger partial charge >= 0.3 is 0 Å². The third-order valence-corrected chi connectivity index (χ3v) is 4.35. The van der Waals surface area contributed by atoms with Gasteiger partial charge in [0.2, 0.25) is 5.88 Å². The number of amides is 1. The van der Waals surface area contributed by atoms with E-state index in [-0.39, 0.29) is 5.91 Å². The van der Waals surface area contributed by atoms with Gasteiger partial charge in [0.25, 0.3) is 5.91 Å². The predicted molar refractivity (Wildman–Crippen MR) is 103 cm³/mol. The fraction of sp³-hybridized carbons (Fsp3) is 0.556. The monoisotopic (exact) mass is 377 g/mol. The first-order valence-electron chi connectivity index (χ1n) is 8.88. The van der Waals surface area contributed by atoms with E-state index in [0.717, 1.165) is 30.4 Å². The zero-order valence-electron chi connectivity index (χ0n) is 15.9. The van der Waals surface area contributed by atoms with Crippen LogP contribution in [0.5, 0.6) is 5.88 Å². The predicted octanol–water partition coefficient (Wildman–Crippen LogP) is 2.81. The Balaban J connectivity index is 1.89. The molecule has 2 aromatic rings. The Labute approximate surface area is 158 Å². The summed E-state index contributed by atoms with van der Waals surface area (Å²) in [5.74, 6) is 1.69. The van der Waals surface area contributed by atoms with E-state index >= 15 is 0 Å². The van der Waals surface area contributed by atoms with Crippen LogP contribution in [-0.2, 0) is 13.0 Å². The second kappa shape index (κ2) is 10.2. The molecule has 2 aromatic heterocycles. The number of hydrogen-bond acceptors (Lipinski definition) is 6. The first kappa shape index (κ1) is 20.2. The van der Waals surface area contributed by atoms with Gasteiger partial charge in [-0.3, -0.25) is 4.79 Å². The van der Waals surface area contributed by atoms with E-state index in [1.54, 1.807) is 30.1 Å². The highest BCUT2D eigenvalue weighted by molar-refractivity contribution is 7.98. The highest BCUT2D eigenvalue weighted by atomic mass is 32.2. The SMILES string of the molecule is CCOc1ncccc1C(=O)NCCCc1nnc(SC)n1CC(C)C. The molecule has 0 saturated heterocycles. The van der Waals surface area contributed by atoms with Gasteiger partial charge in [0.1, 0.15) is 11.4 Å². The van der Waals surface area contributed by atoms with Crippen molar-refractivity contribution in [1.82, 2.24) is 25.1 Å². The van der Waals surface area contributed by atoms with Crippen LogP contribution in [-0.4, -0.2) is 45.1 Å². The molecular weight excluding hydrogens is 350 g/mol. The van der Waals surface area contributed by atoms with E-state index in [9.17, 15) is 4.79 Å². The van der Waals surface area contributed by atoms with Crippen molar-refractivity contribution in [3.8, 4) is 5.88 Å². The van der Waals surface area contributed by atoms with E-state index < -0.39 is 0 Å². The first-order chi connectivity index (χ1) is 12.6. The Morgan fingerprint density at radius 1 is 1.38 bits per heavy atom. The molecule has 8 heteroatoms. The minimum atomic E-state index is -0.171. The molecule has 1 amide bonds. The second-order valence-corrected chi connectivity index (χ2v) is 7.03. The normalized spacial score (nSPS) is 11.0. The number of thioether (sulfide) groups is 1. The highest BCUT2D eigenvalue weighted by Gasteiger charge is 2.14. The zero-order valence-corrected chi connectivity index (χ0v) is 16.7. The number of aromatic nitrogens is 4. The van der Waals surface area contributed by atoms with Crippen LogP contribution in [0.15, 0.2) is 23.5 Å². The van der Waals surface area contributed by atoms with Gasteiger partial charge in [-0.1, -0.05) is 25.6 Å². The van der Waals surface area contributed by atoms with Crippen molar-refractivity contribution < 1.29 is 9.53 Å². The van der Waals surface area contributed by atoms with Crippen LogP contribution in [0.25, 0.3) is 0 Å². The van der Waals surface area contributed by atoms with Crippen LogP contribution in [0, 0.1) is 5.92 Å². The van der Waals surface area contributed by atoms with Gasteiger partial charge in [0.15, 0.2) is 5.16 Å². The summed E-state index contributed by atoms with van der Waals surface area (Å²) >= 11 is 1.60. The maximum absolute atomic E-state index is 12.3. The van der Waals surface area contributed by atoms with Gasteiger partial charge in [0.05, 0.1) is 6.61 Å². The van der Waals surface area contributed by atoms with Crippen LogP contribution in [0.1, 0.15) is 43.4 Å². The maximum Gasteiger partial charge on any atom is 0.256 e. The highest BCUT2D eigenvalue weighted by Crippen LogP contribution is 2.17. The molecule has 0 aliphatic carbocycles. The lowest BCUT2D eigenvalue weighted by molar-refractivity contribution is 0.0948. The number of nitrogens with one attached hydrogen (secondary N) is 1. The molecule has 0 unspecified atom stereocenters. The molecule has 7 nitrogen and oxygen atoms in total. The number of aryl methyl sites for hydroxylation is 1. The first-order valence-corrected chi connectivity index (χ1v) is 10.1. The third kappa shape index (κ3) is 5.45. The smallest absolute Gasteiger partial charge is 0.256 e. The Morgan fingerprint density at radius 2 is 2.19 bits per heavy atom. The minimum Gasteiger partial charge on any atom is -0.477 e. The molecule has 0 atom stereocenters. The molecule has 1 N–H and O–H groups in total. The zero-order chi connectivity index (χ0) is 18.9. The van der Waals surface area contributed by atoms with Crippen molar-refractivity contribution in [2.75, 3.05) is 19.4 Å². The molecule has 0 aliphatic rings. The molecule has 0 aromatic carbocycles. The molecular formula is C18H27N5O2S. The summed E-state index contributed by atoms with van der Waals surface area (Å²) in [7, 11) is 0. The summed E-state index contributed by atoms with van der Waals surface area (Å²) in [5.41, 5.74) is 0.460. The lowest BCUT2D eigenvalue weighted by Gasteiger charge is -2.12. The number of nitrogens with zero attached hydrogens (tertiary/aromatic N) is 4. The molecule has 2 rings (SSSR count). The average Bonchev–Trinajstić information content (AvgIpc) is 3.00. The lowest BCUT2D eigenvalue weighted by Crippen LogP contribution is -2.26. The summed E-state index contributed by atoms with van der Waals surface area (Å²) in [4.78, 5) is 16.5. The van der Waals surface area contributed by atoms with Crippen molar-refractivity contribution in [3.63, 3.8) is 0 Å². The van der Waals surface area contributed by atoms with E-state index in [1.165, 1.54) is 0 Å². The minimum absolute atomic E-state index is 0.171. The van der Waals surface area contributed by atoms with Gasteiger partial charge in [-0.15, -0.1) is 10.2 Å². The van der Waals surface area contributed by atoms with Crippen LogP contribution < -0.4 is 10.1 Å². The Morgan fingerprint density at radius 3 is 2.88 bits per heavy atom. The summed E-state index contributed by atoms with van der Waals surface area (Å²) < 4.78 is 7.58. The number of carbonyl (C=O) groups excluding carboxylic acids is 1. The lowest BCUT2D eigenvalue weighted by atomic mass is 10.2. The molecule has 0 fully saturated rings. The number of pyridine rings is 1. The maximum atomic E-state index is 12.3. The van der Waals surface area contributed by atoms with E-state index in [1.807, 2.05) is 13.2 Å². The van der Waals surface area contributed by atoms with Crippen molar-refractivity contribution >= 4 is 17.7 Å². The standard InChI is InChI=1S/C18H27N5O2S/c1-5-25-17-14(8-6-11-20-17)16(24)19-10-7-9-15-21-22-18(26-4)23(15)12-13(2)3/h6,8,11,13H,5,7,9-10,12H2,1-4H3,(H,19,24). The number of carbonyl (C=O) groups is 1. The second-order valence-electron chi connectivity index (χ2n) is 6.26. The molecule has 26 heavy (non-hydrogen) atoms. The van der Waals surface area contributed by atoms with E-state index in [2.05, 4.69) is 38.9 Å². The van der Waals surface area contributed by atoms with Gasteiger partial charge in [0, 0.05) is 25.7 Å². The Kier molecular flexibility index (Phi) is 7.90. The topological polar surface area (TPSA) is 81.9 Å². The summed E-state index contributed by atoms with van der Waals surface area (Å²) in [6, 6.07) is 3.45. The molecule has 142 valence electrons. The molecule has 0 aliphatic heterocycles. The summed E-state index contributed by atoms with van der Waals surface area (Å²) in [5, 5.41) is 12.4. The van der Waals surface area contributed by atoms with Gasteiger partial charge < -0.3 is 14.6 Å². The van der Waals surface area contributed by atoms with Gasteiger partial charge in [-0.05, 0) is 37.7 Å². The van der Waals surface area contributed by atoms with Crippen molar-refractivity contribution in [1.29, 1.82) is 0 Å². The van der Waals surface area contributed by atoms with E-state index in [4.69, 9.17) is 4.74 Å². The van der Waals surface area contributed by atoms with Crippen molar-refractivity contribution in [2.24, 2.45) is 5.92 Å². The average molecular weight is 378 g/mol. The van der Waals surface area contributed by atoms with Gasteiger partial charge in [-0.25, -0.2) is 4.98 Å². The van der Waals surface area contributed by atoms with E-state index in [0.29, 0.717) is 30.5 Å². The summed E-state index contributed by atoms with van der Waals surface area (Å²) in [6.07, 6.45) is 5.19. The molecule has 0 saturated carbocycles. The number of ether oxygens (including phenoxy) is 1. The molecule has 0 radical (unpaired) electrons. The number of rotatable bonds is 10. The Hall–Kier alpha value is -2.09. The van der Waals surface area contributed by atoms with Crippen LogP contribution >= 0.6 is 11.8 Å².